The summed E-state index contributed by atoms with van der Waals surface area (Å²) in [6, 6.07) is 0. The van der Waals surface area contributed by atoms with E-state index in [4.69, 9.17) is 14.6 Å². The van der Waals surface area contributed by atoms with E-state index in [2.05, 4.69) is 6.92 Å². The Morgan fingerprint density at radius 3 is 2.33 bits per heavy atom. The predicted octanol–water partition coefficient (Wildman–Crippen LogP) is 2.22. The van der Waals surface area contributed by atoms with E-state index >= 15 is 0 Å². The highest BCUT2D eigenvalue weighted by Gasteiger charge is 2.41. The zero-order valence-corrected chi connectivity index (χ0v) is 9.58. The number of hydrogen-bond donors (Lipinski definition) is 1. The Hall–Kier alpha value is -0.120. The van der Waals surface area contributed by atoms with Crippen molar-refractivity contribution in [3.05, 3.63) is 0 Å². The van der Waals surface area contributed by atoms with E-state index in [1.54, 1.807) is 0 Å². The smallest absolute Gasteiger partial charge is 0.169 e. The predicted molar refractivity (Wildman–Crippen MR) is 57.6 cm³/mol. The van der Waals surface area contributed by atoms with Crippen LogP contribution in [0.2, 0.25) is 0 Å². The van der Waals surface area contributed by atoms with Crippen LogP contribution in [0.15, 0.2) is 0 Å². The zero-order chi connectivity index (χ0) is 10.7. The van der Waals surface area contributed by atoms with Gasteiger partial charge in [-0.05, 0) is 32.1 Å². The minimum absolute atomic E-state index is 0.00523. The van der Waals surface area contributed by atoms with Crippen LogP contribution < -0.4 is 0 Å². The molecule has 0 aromatic carbocycles. The highest BCUT2D eigenvalue weighted by molar-refractivity contribution is 4.83. The Kier molecular flexibility index (Phi) is 3.65. The first kappa shape index (κ1) is 11.4. The third kappa shape index (κ3) is 2.52. The van der Waals surface area contributed by atoms with Gasteiger partial charge in [0.15, 0.2) is 5.79 Å². The molecule has 3 atom stereocenters. The van der Waals surface area contributed by atoms with Crippen LogP contribution in [0, 0.1) is 0 Å². The SMILES string of the molecule is CC[C@H]1CCCC2(CCCC(CO)O2)O1. The quantitative estimate of drug-likeness (QED) is 0.766. The Balaban J connectivity index is 1.98. The molecule has 2 aliphatic rings. The third-order valence-electron chi connectivity index (χ3n) is 3.59. The van der Waals surface area contributed by atoms with Gasteiger partial charge in [0.05, 0.1) is 18.8 Å². The van der Waals surface area contributed by atoms with Gasteiger partial charge in [0.25, 0.3) is 0 Å². The molecule has 0 aromatic heterocycles. The van der Waals surface area contributed by atoms with Crippen LogP contribution in [-0.4, -0.2) is 29.7 Å². The minimum atomic E-state index is -0.357. The molecule has 2 rings (SSSR count). The number of rotatable bonds is 2. The Morgan fingerprint density at radius 1 is 1.13 bits per heavy atom. The second-order valence-electron chi connectivity index (χ2n) is 4.77. The first-order valence-electron chi connectivity index (χ1n) is 6.24. The molecule has 88 valence electrons. The zero-order valence-electron chi connectivity index (χ0n) is 9.58. The lowest BCUT2D eigenvalue weighted by Gasteiger charge is -2.45. The monoisotopic (exact) mass is 214 g/mol. The molecule has 3 heteroatoms. The molecule has 0 aromatic rings. The summed E-state index contributed by atoms with van der Waals surface area (Å²) in [6.45, 7) is 2.29. The summed E-state index contributed by atoms with van der Waals surface area (Å²) in [6.07, 6.45) is 7.85. The van der Waals surface area contributed by atoms with Crippen LogP contribution in [-0.2, 0) is 9.47 Å². The second-order valence-corrected chi connectivity index (χ2v) is 4.77. The fourth-order valence-electron chi connectivity index (χ4n) is 2.73. The lowest BCUT2D eigenvalue weighted by atomic mass is 9.92. The van der Waals surface area contributed by atoms with Crippen LogP contribution >= 0.6 is 0 Å². The van der Waals surface area contributed by atoms with Gasteiger partial charge in [-0.15, -0.1) is 0 Å². The number of aliphatic hydroxyl groups excluding tert-OH is 1. The molecule has 0 radical (unpaired) electrons. The molecule has 0 aliphatic carbocycles. The molecule has 2 heterocycles. The van der Waals surface area contributed by atoms with Crippen molar-refractivity contribution in [2.45, 2.75) is 69.9 Å². The van der Waals surface area contributed by atoms with Crippen molar-refractivity contribution in [3.8, 4) is 0 Å². The van der Waals surface area contributed by atoms with Crippen molar-refractivity contribution in [1.82, 2.24) is 0 Å². The topological polar surface area (TPSA) is 38.7 Å². The number of aliphatic hydroxyl groups is 1. The standard InChI is InChI=1S/C12H22O3/c1-2-10-5-3-7-12(14-10)8-4-6-11(9-13)15-12/h10-11,13H,2-9H2,1H3/t10-,11?,12?/m0/s1. The van der Waals surface area contributed by atoms with Gasteiger partial charge >= 0.3 is 0 Å². The maximum atomic E-state index is 9.15. The van der Waals surface area contributed by atoms with Crippen molar-refractivity contribution in [2.75, 3.05) is 6.61 Å². The molecular weight excluding hydrogens is 192 g/mol. The van der Waals surface area contributed by atoms with E-state index in [1.165, 1.54) is 6.42 Å². The number of hydrogen-bond acceptors (Lipinski definition) is 3. The highest BCUT2D eigenvalue weighted by Crippen LogP contribution is 2.39. The van der Waals surface area contributed by atoms with Crippen molar-refractivity contribution < 1.29 is 14.6 Å². The minimum Gasteiger partial charge on any atom is -0.394 e. The molecular formula is C12H22O3. The molecule has 2 saturated heterocycles. The van der Waals surface area contributed by atoms with Gasteiger partial charge in [-0.2, -0.15) is 0 Å². The largest absolute Gasteiger partial charge is 0.394 e. The summed E-state index contributed by atoms with van der Waals surface area (Å²) in [7, 11) is 0. The normalized spacial score (nSPS) is 42.0. The maximum absolute atomic E-state index is 9.15. The van der Waals surface area contributed by atoms with Gasteiger partial charge in [-0.25, -0.2) is 0 Å². The van der Waals surface area contributed by atoms with Gasteiger partial charge < -0.3 is 14.6 Å². The van der Waals surface area contributed by atoms with Gasteiger partial charge in [0.1, 0.15) is 0 Å². The van der Waals surface area contributed by atoms with E-state index in [0.29, 0.717) is 6.10 Å². The van der Waals surface area contributed by atoms with E-state index in [-0.39, 0.29) is 18.5 Å². The second kappa shape index (κ2) is 4.81. The van der Waals surface area contributed by atoms with Crippen molar-refractivity contribution >= 4 is 0 Å². The van der Waals surface area contributed by atoms with E-state index in [1.807, 2.05) is 0 Å². The van der Waals surface area contributed by atoms with E-state index < -0.39 is 0 Å². The lowest BCUT2D eigenvalue weighted by molar-refractivity contribution is -0.317. The van der Waals surface area contributed by atoms with Crippen LogP contribution in [0.25, 0.3) is 0 Å². The van der Waals surface area contributed by atoms with Crippen molar-refractivity contribution in [1.29, 1.82) is 0 Å². The molecule has 1 N–H and O–H groups in total. The summed E-state index contributed by atoms with van der Waals surface area (Å²) in [5, 5.41) is 9.15. The molecule has 2 fully saturated rings. The fraction of sp³-hybridized carbons (Fsp3) is 1.00. The average molecular weight is 214 g/mol. The van der Waals surface area contributed by atoms with E-state index in [0.717, 1.165) is 38.5 Å². The molecule has 1 spiro atoms. The molecule has 2 aliphatic heterocycles. The molecule has 0 bridgehead atoms. The fourth-order valence-corrected chi connectivity index (χ4v) is 2.73. The molecule has 15 heavy (non-hydrogen) atoms. The van der Waals surface area contributed by atoms with Gasteiger partial charge in [-0.1, -0.05) is 6.92 Å². The van der Waals surface area contributed by atoms with Crippen molar-refractivity contribution in [2.24, 2.45) is 0 Å². The molecule has 3 nitrogen and oxygen atoms in total. The van der Waals surface area contributed by atoms with Crippen LogP contribution in [0.3, 0.4) is 0 Å². The summed E-state index contributed by atoms with van der Waals surface area (Å²) in [4.78, 5) is 0. The van der Waals surface area contributed by atoms with Gasteiger partial charge in [0, 0.05) is 12.8 Å². The molecule has 0 saturated carbocycles. The number of ether oxygens (including phenoxy) is 2. The summed E-state index contributed by atoms with van der Waals surface area (Å²) in [5.74, 6) is -0.357. The summed E-state index contributed by atoms with van der Waals surface area (Å²) < 4.78 is 12.0. The maximum Gasteiger partial charge on any atom is 0.169 e. The summed E-state index contributed by atoms with van der Waals surface area (Å²) >= 11 is 0. The molecule has 2 unspecified atom stereocenters. The molecule has 0 amide bonds. The average Bonchev–Trinajstić information content (AvgIpc) is 2.29. The van der Waals surface area contributed by atoms with Gasteiger partial charge in [-0.3, -0.25) is 0 Å². The van der Waals surface area contributed by atoms with Gasteiger partial charge in [0.2, 0.25) is 0 Å². The van der Waals surface area contributed by atoms with E-state index in [9.17, 15) is 0 Å². The van der Waals surface area contributed by atoms with Crippen LogP contribution in [0.1, 0.15) is 51.9 Å². The van der Waals surface area contributed by atoms with Crippen molar-refractivity contribution in [3.63, 3.8) is 0 Å². The first-order valence-corrected chi connectivity index (χ1v) is 6.24. The Labute approximate surface area is 91.8 Å². The Bertz CT molecular complexity index is 183. The van der Waals surface area contributed by atoms with Crippen LogP contribution in [0.5, 0.6) is 0 Å². The van der Waals surface area contributed by atoms with Crippen LogP contribution in [0.4, 0.5) is 0 Å². The lowest BCUT2D eigenvalue weighted by Crippen LogP contribution is -2.48. The Morgan fingerprint density at radius 2 is 1.73 bits per heavy atom. The third-order valence-corrected chi connectivity index (χ3v) is 3.59. The first-order chi connectivity index (χ1) is 7.28. The highest BCUT2D eigenvalue weighted by atomic mass is 16.7. The summed E-state index contributed by atoms with van der Waals surface area (Å²) in [5.41, 5.74) is 0.